The van der Waals surface area contributed by atoms with Gasteiger partial charge in [0, 0.05) is 29.0 Å². The predicted octanol–water partition coefficient (Wildman–Crippen LogP) is 5.74. The normalized spacial score (nSPS) is 19.6. The van der Waals surface area contributed by atoms with E-state index in [9.17, 15) is 10.1 Å². The van der Waals surface area contributed by atoms with Crippen molar-refractivity contribution in [3.63, 3.8) is 0 Å². The molecule has 0 bridgehead atoms. The summed E-state index contributed by atoms with van der Waals surface area (Å²) < 4.78 is 6.08. The fourth-order valence-corrected chi connectivity index (χ4v) is 4.03. The van der Waals surface area contributed by atoms with Crippen LogP contribution in [0.4, 0.5) is 0 Å². The number of rotatable bonds is 2. The highest BCUT2D eigenvalue weighted by Gasteiger charge is 2.37. The van der Waals surface area contributed by atoms with E-state index in [1.807, 2.05) is 25.1 Å². The Morgan fingerprint density at radius 3 is 2.74 bits per heavy atom. The number of hydrogen-bond donors (Lipinski definition) is 1. The van der Waals surface area contributed by atoms with E-state index in [1.54, 1.807) is 12.1 Å². The van der Waals surface area contributed by atoms with Gasteiger partial charge in [0.2, 0.25) is 0 Å². The first-order chi connectivity index (χ1) is 13.0. The van der Waals surface area contributed by atoms with E-state index in [0.717, 1.165) is 29.8 Å². The number of furan rings is 1. The number of carbonyl (C=O) groups is 1. The minimum absolute atomic E-state index is 0.0708. The third-order valence-corrected chi connectivity index (χ3v) is 5.75. The van der Waals surface area contributed by atoms with Crippen molar-refractivity contribution >= 4 is 29.0 Å². The van der Waals surface area contributed by atoms with Crippen LogP contribution in [0.3, 0.4) is 0 Å². The van der Waals surface area contributed by atoms with Gasteiger partial charge < -0.3 is 9.73 Å². The molecule has 1 N–H and O–H groups in total. The standard InChI is InChI=1S/C21H16Cl2N2O2/c1-11-13(10-24)20(21-16(25-11)3-2-4-17(21)26)19-8-7-18(27-19)12-5-6-14(22)15(23)9-12/h5-9,20,25H,2-4H2,1H3/t20-/m0/s1. The zero-order chi connectivity index (χ0) is 19.1. The molecule has 0 amide bonds. The van der Waals surface area contributed by atoms with Crippen LogP contribution in [0, 0.1) is 11.3 Å². The summed E-state index contributed by atoms with van der Waals surface area (Å²) in [6.45, 7) is 1.86. The zero-order valence-corrected chi connectivity index (χ0v) is 16.1. The maximum atomic E-state index is 12.6. The molecule has 1 aromatic heterocycles. The van der Waals surface area contributed by atoms with Crippen LogP contribution in [0.1, 0.15) is 37.9 Å². The highest BCUT2D eigenvalue weighted by atomic mass is 35.5. The van der Waals surface area contributed by atoms with E-state index < -0.39 is 5.92 Å². The topological polar surface area (TPSA) is 66.0 Å². The molecule has 0 saturated heterocycles. The zero-order valence-electron chi connectivity index (χ0n) is 14.6. The average Bonchev–Trinajstić information content (AvgIpc) is 3.13. The molecule has 0 saturated carbocycles. The Kier molecular flexibility index (Phi) is 4.59. The van der Waals surface area contributed by atoms with Crippen LogP contribution in [0.2, 0.25) is 10.0 Å². The SMILES string of the molecule is CC1=C(C#N)[C@@H](c2ccc(-c3ccc(Cl)c(Cl)c3)o2)C2=C(CCCC2=O)N1. The van der Waals surface area contributed by atoms with Crippen molar-refractivity contribution in [2.24, 2.45) is 0 Å². The first kappa shape index (κ1) is 17.9. The Balaban J connectivity index is 1.81. The van der Waals surface area contributed by atoms with Crippen molar-refractivity contribution in [3.8, 4) is 17.4 Å². The lowest BCUT2D eigenvalue weighted by molar-refractivity contribution is -0.116. The number of Topliss-reactive ketones (excluding diaryl/α,β-unsaturated/α-hetero) is 1. The minimum Gasteiger partial charge on any atom is -0.460 e. The smallest absolute Gasteiger partial charge is 0.161 e. The lowest BCUT2D eigenvalue weighted by Gasteiger charge is -2.31. The lowest BCUT2D eigenvalue weighted by atomic mass is 9.78. The van der Waals surface area contributed by atoms with Gasteiger partial charge in [0.05, 0.1) is 27.6 Å². The molecule has 1 atom stereocenters. The number of nitrogens with one attached hydrogen (secondary N) is 1. The number of allylic oxidation sites excluding steroid dienone is 4. The molecule has 0 radical (unpaired) electrons. The van der Waals surface area contributed by atoms with Gasteiger partial charge in [-0.1, -0.05) is 23.2 Å². The second kappa shape index (κ2) is 6.92. The molecule has 1 aliphatic carbocycles. The van der Waals surface area contributed by atoms with Crippen molar-refractivity contribution in [2.75, 3.05) is 0 Å². The predicted molar refractivity (Wildman–Crippen MR) is 104 cm³/mol. The molecule has 1 aliphatic heterocycles. The van der Waals surface area contributed by atoms with Gasteiger partial charge in [-0.2, -0.15) is 5.26 Å². The van der Waals surface area contributed by atoms with E-state index in [-0.39, 0.29) is 5.78 Å². The third-order valence-electron chi connectivity index (χ3n) is 5.01. The molecule has 4 nitrogen and oxygen atoms in total. The second-order valence-corrected chi connectivity index (χ2v) is 7.52. The molecule has 0 fully saturated rings. The summed E-state index contributed by atoms with van der Waals surface area (Å²) in [5, 5.41) is 13.9. The fourth-order valence-electron chi connectivity index (χ4n) is 3.73. The van der Waals surface area contributed by atoms with Crippen molar-refractivity contribution < 1.29 is 9.21 Å². The Labute approximate surface area is 167 Å². The van der Waals surface area contributed by atoms with Gasteiger partial charge in [-0.3, -0.25) is 4.79 Å². The number of ketones is 1. The highest BCUT2D eigenvalue weighted by molar-refractivity contribution is 6.42. The number of halogens is 2. The van der Waals surface area contributed by atoms with E-state index in [4.69, 9.17) is 27.6 Å². The van der Waals surface area contributed by atoms with Crippen LogP contribution in [-0.4, -0.2) is 5.78 Å². The maximum absolute atomic E-state index is 12.6. The molecule has 1 aromatic carbocycles. The van der Waals surface area contributed by atoms with Gasteiger partial charge >= 0.3 is 0 Å². The van der Waals surface area contributed by atoms with Gasteiger partial charge in [-0.15, -0.1) is 0 Å². The number of nitriles is 1. The summed E-state index contributed by atoms with van der Waals surface area (Å²) in [5.74, 6) is 0.788. The minimum atomic E-state index is -0.476. The molecule has 6 heteroatoms. The Morgan fingerprint density at radius 1 is 1.19 bits per heavy atom. The van der Waals surface area contributed by atoms with Crippen molar-refractivity contribution in [3.05, 3.63) is 68.7 Å². The summed E-state index contributed by atoms with van der Waals surface area (Å²) in [7, 11) is 0. The van der Waals surface area contributed by atoms with Crippen LogP contribution in [-0.2, 0) is 4.79 Å². The summed E-state index contributed by atoms with van der Waals surface area (Å²) in [4.78, 5) is 12.6. The van der Waals surface area contributed by atoms with Gasteiger partial charge in [-0.05, 0) is 50.1 Å². The quantitative estimate of drug-likeness (QED) is 0.699. The third kappa shape index (κ3) is 3.07. The largest absolute Gasteiger partial charge is 0.460 e. The van der Waals surface area contributed by atoms with Crippen LogP contribution in [0.5, 0.6) is 0 Å². The second-order valence-electron chi connectivity index (χ2n) is 6.71. The Hall–Kier alpha value is -2.48. The number of benzene rings is 1. The monoisotopic (exact) mass is 398 g/mol. The summed E-state index contributed by atoms with van der Waals surface area (Å²) >= 11 is 12.1. The number of hydrogen-bond acceptors (Lipinski definition) is 4. The first-order valence-corrected chi connectivity index (χ1v) is 9.44. The van der Waals surface area contributed by atoms with Crippen molar-refractivity contribution in [1.29, 1.82) is 5.26 Å². The number of carbonyl (C=O) groups excluding carboxylic acids is 1. The molecule has 0 unspecified atom stereocenters. The maximum Gasteiger partial charge on any atom is 0.161 e. The molecule has 2 heterocycles. The van der Waals surface area contributed by atoms with Crippen LogP contribution < -0.4 is 5.32 Å². The van der Waals surface area contributed by atoms with Gasteiger partial charge in [0.15, 0.2) is 5.78 Å². The van der Waals surface area contributed by atoms with Gasteiger partial charge in [0.1, 0.15) is 11.5 Å². The van der Waals surface area contributed by atoms with Crippen molar-refractivity contribution in [2.45, 2.75) is 32.1 Å². The molecule has 27 heavy (non-hydrogen) atoms. The van der Waals surface area contributed by atoms with E-state index >= 15 is 0 Å². The van der Waals surface area contributed by atoms with E-state index in [1.165, 1.54) is 0 Å². The summed E-state index contributed by atoms with van der Waals surface area (Å²) in [5.41, 5.74) is 3.62. The van der Waals surface area contributed by atoms with E-state index in [2.05, 4.69) is 11.4 Å². The van der Waals surface area contributed by atoms with Crippen LogP contribution in [0.25, 0.3) is 11.3 Å². The number of dihydropyridines is 1. The Bertz CT molecular complexity index is 1060. The average molecular weight is 399 g/mol. The highest BCUT2D eigenvalue weighted by Crippen LogP contribution is 2.43. The van der Waals surface area contributed by atoms with Crippen molar-refractivity contribution in [1.82, 2.24) is 5.32 Å². The molecule has 136 valence electrons. The lowest BCUT2D eigenvalue weighted by Crippen LogP contribution is -2.31. The Morgan fingerprint density at radius 2 is 2.00 bits per heavy atom. The number of nitrogens with zero attached hydrogens (tertiary/aromatic N) is 1. The molecule has 0 spiro atoms. The van der Waals surface area contributed by atoms with E-state index in [0.29, 0.717) is 39.1 Å². The summed E-state index contributed by atoms with van der Waals surface area (Å²) in [6.07, 6.45) is 2.11. The fraction of sp³-hybridized carbons (Fsp3) is 0.238. The van der Waals surface area contributed by atoms with Crippen LogP contribution >= 0.6 is 23.2 Å². The molecular formula is C21H16Cl2N2O2. The van der Waals surface area contributed by atoms with Crippen LogP contribution in [0.15, 0.2) is 57.3 Å². The van der Waals surface area contributed by atoms with Gasteiger partial charge in [-0.25, -0.2) is 0 Å². The summed E-state index contributed by atoms with van der Waals surface area (Å²) in [6, 6.07) is 11.2. The molecule has 2 aromatic rings. The van der Waals surface area contributed by atoms with Gasteiger partial charge in [0.25, 0.3) is 0 Å². The first-order valence-electron chi connectivity index (χ1n) is 8.69. The molecule has 2 aliphatic rings. The molecule has 4 rings (SSSR count). The molecular weight excluding hydrogens is 383 g/mol.